The fourth-order valence-electron chi connectivity index (χ4n) is 3.43. The number of anilines is 1. The molecule has 3 aromatic rings. The Balaban J connectivity index is 1.68. The molecular formula is C22H24F3N5O2. The number of methoxy groups -OCH3 is 1. The molecular weight excluding hydrogens is 423 g/mol. The van der Waals surface area contributed by atoms with Crippen LogP contribution in [0.3, 0.4) is 0 Å². The van der Waals surface area contributed by atoms with Crippen LogP contribution in [-0.4, -0.2) is 46.4 Å². The Morgan fingerprint density at radius 3 is 2.72 bits per heavy atom. The highest BCUT2D eigenvalue weighted by molar-refractivity contribution is 5.89. The first-order valence-corrected chi connectivity index (χ1v) is 10.4. The summed E-state index contributed by atoms with van der Waals surface area (Å²) in [4.78, 5) is 16.5. The Hall–Kier alpha value is -3.14. The molecule has 4 rings (SSSR count). The van der Waals surface area contributed by atoms with Crippen molar-refractivity contribution in [3.8, 4) is 11.3 Å². The highest BCUT2D eigenvalue weighted by Gasteiger charge is 2.27. The predicted octanol–water partition coefficient (Wildman–Crippen LogP) is 4.11. The molecule has 10 heteroatoms. The molecule has 0 unspecified atom stereocenters. The largest absolute Gasteiger partial charge is 0.464 e. The number of nitrogens with one attached hydrogen (secondary N) is 2. The van der Waals surface area contributed by atoms with E-state index in [2.05, 4.69) is 20.7 Å². The number of alkyl halides is 3. The van der Waals surface area contributed by atoms with Crippen LogP contribution in [0.25, 0.3) is 16.9 Å². The molecule has 2 heterocycles. The molecule has 0 spiro atoms. The number of carbonyl (C=O) groups excluding carboxylic acids is 1. The molecule has 2 aromatic heterocycles. The standard InChI is InChI=1S/C22H24F3N5O2/c1-13-9-14(3-4-15(13)11-27-16-5-6-16)19-12-28-20-17(26-8-7-22(23,24)25)10-18(21(31)32-2)29-30(19)20/h3-4,9-10,12,16,26-27H,5-8,11H2,1-2H3. The first kappa shape index (κ1) is 22.1. The lowest BCUT2D eigenvalue weighted by atomic mass is 10.0. The zero-order valence-corrected chi connectivity index (χ0v) is 17.8. The van der Waals surface area contributed by atoms with Gasteiger partial charge in [0.25, 0.3) is 0 Å². The van der Waals surface area contributed by atoms with Crippen LogP contribution in [-0.2, 0) is 11.3 Å². The molecule has 1 aromatic carbocycles. The number of benzene rings is 1. The van der Waals surface area contributed by atoms with Crippen LogP contribution >= 0.6 is 0 Å². The van der Waals surface area contributed by atoms with Gasteiger partial charge in [-0.1, -0.05) is 12.1 Å². The van der Waals surface area contributed by atoms with Gasteiger partial charge < -0.3 is 15.4 Å². The molecule has 1 fully saturated rings. The van der Waals surface area contributed by atoms with Crippen molar-refractivity contribution in [3.05, 3.63) is 47.3 Å². The number of rotatable bonds is 8. The van der Waals surface area contributed by atoms with Crippen molar-refractivity contribution >= 4 is 17.3 Å². The molecule has 0 aliphatic heterocycles. The second-order valence-corrected chi connectivity index (χ2v) is 7.90. The molecule has 1 saturated carbocycles. The molecule has 1 aliphatic carbocycles. The number of hydrogen-bond donors (Lipinski definition) is 2. The molecule has 1 aliphatic rings. The number of aromatic nitrogens is 3. The van der Waals surface area contributed by atoms with E-state index in [9.17, 15) is 18.0 Å². The highest BCUT2D eigenvalue weighted by atomic mass is 19.4. The minimum Gasteiger partial charge on any atom is -0.464 e. The van der Waals surface area contributed by atoms with Gasteiger partial charge >= 0.3 is 12.1 Å². The van der Waals surface area contributed by atoms with Gasteiger partial charge in [-0.2, -0.15) is 18.3 Å². The molecule has 0 atom stereocenters. The van der Waals surface area contributed by atoms with Gasteiger partial charge in [-0.3, -0.25) is 0 Å². The lowest BCUT2D eigenvalue weighted by molar-refractivity contribution is -0.131. The predicted molar refractivity (Wildman–Crippen MR) is 114 cm³/mol. The third-order valence-corrected chi connectivity index (χ3v) is 5.38. The fraction of sp³-hybridized carbons (Fsp3) is 0.409. The van der Waals surface area contributed by atoms with Crippen molar-refractivity contribution in [3.63, 3.8) is 0 Å². The Labute approximate surface area is 183 Å². The van der Waals surface area contributed by atoms with E-state index < -0.39 is 18.6 Å². The summed E-state index contributed by atoms with van der Waals surface area (Å²) in [5.74, 6) is -0.692. The van der Waals surface area contributed by atoms with Crippen molar-refractivity contribution in [2.45, 2.75) is 44.9 Å². The van der Waals surface area contributed by atoms with Crippen molar-refractivity contribution in [1.82, 2.24) is 19.9 Å². The van der Waals surface area contributed by atoms with Crippen LogP contribution < -0.4 is 10.6 Å². The number of aryl methyl sites for hydroxylation is 1. The summed E-state index contributed by atoms with van der Waals surface area (Å²) >= 11 is 0. The van der Waals surface area contributed by atoms with Gasteiger partial charge in [-0.25, -0.2) is 14.3 Å². The third kappa shape index (κ3) is 5.01. The van der Waals surface area contributed by atoms with Gasteiger partial charge in [0.15, 0.2) is 11.3 Å². The zero-order valence-electron chi connectivity index (χ0n) is 17.8. The summed E-state index contributed by atoms with van der Waals surface area (Å²) in [5.41, 5.74) is 4.31. The van der Waals surface area contributed by atoms with Crippen molar-refractivity contribution in [1.29, 1.82) is 0 Å². The summed E-state index contributed by atoms with van der Waals surface area (Å²) < 4.78 is 44.0. The van der Waals surface area contributed by atoms with E-state index in [0.717, 1.165) is 17.7 Å². The lowest BCUT2D eigenvalue weighted by Crippen LogP contribution is -2.16. The minimum atomic E-state index is -4.30. The quantitative estimate of drug-likeness (QED) is 0.506. The fourth-order valence-corrected chi connectivity index (χ4v) is 3.43. The molecule has 0 saturated heterocycles. The second kappa shape index (κ2) is 8.78. The maximum absolute atomic E-state index is 12.6. The van der Waals surface area contributed by atoms with Crippen LogP contribution in [0.2, 0.25) is 0 Å². The monoisotopic (exact) mass is 447 g/mol. The molecule has 170 valence electrons. The SMILES string of the molecule is COC(=O)c1cc(NCCC(F)(F)F)c2ncc(-c3ccc(CNC4CC4)c(C)c3)n2n1. The number of ether oxygens (including phenoxy) is 1. The molecule has 0 amide bonds. The number of halogens is 3. The Morgan fingerprint density at radius 2 is 2.06 bits per heavy atom. The molecule has 32 heavy (non-hydrogen) atoms. The number of carbonyl (C=O) groups is 1. The van der Waals surface area contributed by atoms with E-state index in [0.29, 0.717) is 17.4 Å². The van der Waals surface area contributed by atoms with Crippen molar-refractivity contribution < 1.29 is 22.7 Å². The average Bonchev–Trinajstić information content (AvgIpc) is 3.48. The maximum atomic E-state index is 12.6. The summed E-state index contributed by atoms with van der Waals surface area (Å²) in [6, 6.07) is 7.95. The normalized spacial score (nSPS) is 14.0. The zero-order chi connectivity index (χ0) is 22.9. The van der Waals surface area contributed by atoms with Crippen LogP contribution in [0, 0.1) is 6.92 Å². The van der Waals surface area contributed by atoms with Crippen LogP contribution in [0.5, 0.6) is 0 Å². The molecule has 0 radical (unpaired) electrons. The van der Waals surface area contributed by atoms with Gasteiger partial charge in [-0.15, -0.1) is 0 Å². The third-order valence-electron chi connectivity index (χ3n) is 5.38. The molecule has 7 nitrogen and oxygen atoms in total. The van der Waals surface area contributed by atoms with Gasteiger partial charge in [0.2, 0.25) is 0 Å². The van der Waals surface area contributed by atoms with E-state index in [1.165, 1.54) is 36.1 Å². The topological polar surface area (TPSA) is 80.5 Å². The smallest absolute Gasteiger partial charge is 0.390 e. The summed E-state index contributed by atoms with van der Waals surface area (Å²) in [5, 5.41) is 10.5. The minimum absolute atomic E-state index is 0.0317. The summed E-state index contributed by atoms with van der Waals surface area (Å²) in [6.45, 7) is 2.46. The van der Waals surface area contributed by atoms with Gasteiger partial charge in [0.1, 0.15) is 0 Å². The van der Waals surface area contributed by atoms with E-state index >= 15 is 0 Å². The first-order chi connectivity index (χ1) is 15.2. The van der Waals surface area contributed by atoms with Crippen LogP contribution in [0.1, 0.15) is 40.9 Å². The van der Waals surface area contributed by atoms with Crippen LogP contribution in [0.15, 0.2) is 30.5 Å². The average molecular weight is 447 g/mol. The van der Waals surface area contributed by atoms with Gasteiger partial charge in [0.05, 0.1) is 31.1 Å². The number of nitrogens with zero attached hydrogens (tertiary/aromatic N) is 3. The second-order valence-electron chi connectivity index (χ2n) is 7.90. The summed E-state index contributed by atoms with van der Waals surface area (Å²) in [7, 11) is 1.22. The highest BCUT2D eigenvalue weighted by Crippen LogP contribution is 2.28. The van der Waals surface area contributed by atoms with Crippen LogP contribution in [0.4, 0.5) is 18.9 Å². The van der Waals surface area contributed by atoms with E-state index in [1.54, 1.807) is 6.20 Å². The number of hydrogen-bond acceptors (Lipinski definition) is 6. The lowest BCUT2D eigenvalue weighted by Gasteiger charge is -2.12. The van der Waals surface area contributed by atoms with Crippen molar-refractivity contribution in [2.24, 2.45) is 0 Å². The number of imidazole rings is 1. The first-order valence-electron chi connectivity index (χ1n) is 10.4. The number of esters is 1. The van der Waals surface area contributed by atoms with Crippen molar-refractivity contribution in [2.75, 3.05) is 19.0 Å². The van der Waals surface area contributed by atoms with E-state index in [1.807, 2.05) is 25.1 Å². The Bertz CT molecular complexity index is 1140. The maximum Gasteiger partial charge on any atom is 0.390 e. The molecule has 0 bridgehead atoms. The number of fused-ring (bicyclic) bond motifs is 1. The Kier molecular flexibility index (Phi) is 6.05. The van der Waals surface area contributed by atoms with Gasteiger partial charge in [-0.05, 0) is 37.0 Å². The van der Waals surface area contributed by atoms with E-state index in [-0.39, 0.29) is 17.9 Å². The van der Waals surface area contributed by atoms with Gasteiger partial charge in [0, 0.05) is 30.8 Å². The summed E-state index contributed by atoms with van der Waals surface area (Å²) in [6.07, 6.45) is -1.29. The Morgan fingerprint density at radius 1 is 1.28 bits per heavy atom. The molecule has 2 N–H and O–H groups in total. The van der Waals surface area contributed by atoms with E-state index in [4.69, 9.17) is 4.74 Å².